The quantitative estimate of drug-likeness (QED) is 0.852. The van der Waals surface area contributed by atoms with Crippen molar-refractivity contribution in [2.45, 2.75) is 19.8 Å². The molecule has 0 aliphatic heterocycles. The van der Waals surface area contributed by atoms with Gasteiger partial charge < -0.3 is 5.11 Å². The Bertz CT molecular complexity index is 580. The molecule has 0 fully saturated rings. The Labute approximate surface area is 118 Å². The molecular weight excluding hydrogens is 345 g/mol. The fourth-order valence-corrected chi connectivity index (χ4v) is 2.07. The summed E-state index contributed by atoms with van der Waals surface area (Å²) in [4.78, 5) is 10.5. The second kappa shape index (κ2) is 5.47. The molecule has 5 nitrogen and oxygen atoms in total. The van der Waals surface area contributed by atoms with Crippen LogP contribution in [0.1, 0.15) is 17.7 Å². The highest BCUT2D eigenvalue weighted by molar-refractivity contribution is 14.1. The van der Waals surface area contributed by atoms with Crippen LogP contribution in [0.4, 0.5) is 0 Å². The van der Waals surface area contributed by atoms with Crippen LogP contribution >= 0.6 is 22.6 Å². The molecule has 0 aliphatic rings. The zero-order valence-electron chi connectivity index (χ0n) is 9.80. The van der Waals surface area contributed by atoms with E-state index >= 15 is 0 Å². The number of benzene rings is 1. The zero-order valence-corrected chi connectivity index (χ0v) is 12.0. The molecule has 1 heterocycles. The second-order valence-electron chi connectivity index (χ2n) is 3.98. The smallest absolute Gasteiger partial charge is 0.303 e. The summed E-state index contributed by atoms with van der Waals surface area (Å²) in [6, 6.07) is 6.07. The summed E-state index contributed by atoms with van der Waals surface area (Å²) in [6.45, 7) is 2.00. The van der Waals surface area contributed by atoms with Crippen molar-refractivity contribution in [2.75, 3.05) is 0 Å². The van der Waals surface area contributed by atoms with Gasteiger partial charge in [-0.25, -0.2) is 4.68 Å². The molecule has 2 aromatic rings. The van der Waals surface area contributed by atoms with Gasteiger partial charge >= 0.3 is 5.97 Å². The number of aryl methyl sites for hydroxylation is 2. The van der Waals surface area contributed by atoms with Gasteiger partial charge in [-0.2, -0.15) is 0 Å². The third-order valence-corrected chi connectivity index (χ3v) is 3.22. The lowest BCUT2D eigenvalue weighted by atomic mass is 10.2. The van der Waals surface area contributed by atoms with Crippen LogP contribution in [-0.2, 0) is 11.2 Å². The largest absolute Gasteiger partial charge is 0.481 e. The average molecular weight is 357 g/mol. The van der Waals surface area contributed by atoms with Crippen LogP contribution in [-0.4, -0.2) is 26.1 Å². The minimum Gasteiger partial charge on any atom is -0.481 e. The van der Waals surface area contributed by atoms with Gasteiger partial charge in [0, 0.05) is 9.99 Å². The molecule has 0 bridgehead atoms. The lowest BCUT2D eigenvalue weighted by Crippen LogP contribution is -1.98. The fraction of sp³-hybridized carbons (Fsp3) is 0.250. The summed E-state index contributed by atoms with van der Waals surface area (Å²) in [6.07, 6.45) is 2.25. The van der Waals surface area contributed by atoms with Gasteiger partial charge in [0.15, 0.2) is 0 Å². The molecule has 0 radical (unpaired) electrons. The fourth-order valence-electron chi connectivity index (χ4n) is 1.60. The van der Waals surface area contributed by atoms with Gasteiger partial charge in [-0.05, 0) is 47.2 Å². The van der Waals surface area contributed by atoms with Gasteiger partial charge in [0.25, 0.3) is 0 Å². The van der Waals surface area contributed by atoms with Crippen LogP contribution < -0.4 is 0 Å². The Morgan fingerprint density at radius 1 is 1.50 bits per heavy atom. The molecule has 0 saturated carbocycles. The third-order valence-electron chi connectivity index (χ3n) is 2.55. The van der Waals surface area contributed by atoms with Crippen molar-refractivity contribution in [2.24, 2.45) is 0 Å². The Morgan fingerprint density at radius 3 is 3.00 bits per heavy atom. The van der Waals surface area contributed by atoms with Crippen LogP contribution in [0.5, 0.6) is 0 Å². The van der Waals surface area contributed by atoms with E-state index in [0.717, 1.165) is 14.8 Å². The minimum atomic E-state index is -0.824. The van der Waals surface area contributed by atoms with Crippen molar-refractivity contribution in [3.05, 3.63) is 39.2 Å². The number of carbonyl (C=O) groups is 1. The van der Waals surface area contributed by atoms with Gasteiger partial charge in [-0.3, -0.25) is 4.79 Å². The highest BCUT2D eigenvalue weighted by atomic mass is 127. The zero-order chi connectivity index (χ0) is 13.1. The molecule has 0 spiro atoms. The van der Waals surface area contributed by atoms with E-state index in [1.54, 1.807) is 10.9 Å². The first-order valence-corrected chi connectivity index (χ1v) is 6.53. The summed E-state index contributed by atoms with van der Waals surface area (Å²) >= 11 is 2.24. The van der Waals surface area contributed by atoms with Crippen molar-refractivity contribution in [3.8, 4) is 5.69 Å². The molecule has 1 aromatic heterocycles. The average Bonchev–Trinajstić information content (AvgIpc) is 2.78. The van der Waals surface area contributed by atoms with Crippen molar-refractivity contribution in [3.63, 3.8) is 0 Å². The molecule has 1 N–H and O–H groups in total. The Kier molecular flexibility index (Phi) is 3.95. The first-order chi connectivity index (χ1) is 8.56. The van der Waals surface area contributed by atoms with Gasteiger partial charge in [0.2, 0.25) is 0 Å². The summed E-state index contributed by atoms with van der Waals surface area (Å²) in [7, 11) is 0. The topological polar surface area (TPSA) is 68.0 Å². The molecule has 18 heavy (non-hydrogen) atoms. The minimum absolute atomic E-state index is 0.0734. The summed E-state index contributed by atoms with van der Waals surface area (Å²) in [5, 5.41) is 16.6. The van der Waals surface area contributed by atoms with E-state index in [0.29, 0.717) is 12.1 Å². The Hall–Kier alpha value is -1.44. The van der Waals surface area contributed by atoms with Crippen LogP contribution in [0.25, 0.3) is 5.69 Å². The van der Waals surface area contributed by atoms with E-state index < -0.39 is 5.97 Å². The van der Waals surface area contributed by atoms with Gasteiger partial charge in [-0.1, -0.05) is 11.3 Å². The molecule has 6 heteroatoms. The van der Waals surface area contributed by atoms with E-state index in [1.807, 2.05) is 25.1 Å². The SMILES string of the molecule is Cc1ccc(I)cc1-n1cc(CCC(=O)O)nn1. The number of hydrogen-bond donors (Lipinski definition) is 1. The number of carboxylic acids is 1. The summed E-state index contributed by atoms with van der Waals surface area (Å²) in [5.74, 6) is -0.824. The van der Waals surface area contributed by atoms with Crippen LogP contribution in [0.15, 0.2) is 24.4 Å². The number of aromatic nitrogens is 3. The maximum atomic E-state index is 10.5. The summed E-state index contributed by atoms with van der Waals surface area (Å²) < 4.78 is 2.81. The van der Waals surface area contributed by atoms with Crippen molar-refractivity contribution in [1.29, 1.82) is 0 Å². The molecule has 0 amide bonds. The Balaban J connectivity index is 2.23. The molecule has 0 unspecified atom stereocenters. The van der Waals surface area contributed by atoms with Crippen LogP contribution in [0, 0.1) is 10.5 Å². The molecule has 1 aromatic carbocycles. The van der Waals surface area contributed by atoms with Crippen molar-refractivity contribution >= 4 is 28.6 Å². The van der Waals surface area contributed by atoms with Gasteiger partial charge in [0.1, 0.15) is 0 Å². The number of carboxylic acid groups (broad SMARTS) is 1. The first-order valence-electron chi connectivity index (χ1n) is 5.46. The maximum Gasteiger partial charge on any atom is 0.303 e. The van der Waals surface area contributed by atoms with E-state index in [4.69, 9.17) is 5.11 Å². The monoisotopic (exact) mass is 357 g/mol. The van der Waals surface area contributed by atoms with Crippen LogP contribution in [0.2, 0.25) is 0 Å². The van der Waals surface area contributed by atoms with E-state index in [1.165, 1.54) is 0 Å². The number of rotatable bonds is 4. The van der Waals surface area contributed by atoms with E-state index in [-0.39, 0.29) is 6.42 Å². The highest BCUT2D eigenvalue weighted by Crippen LogP contribution is 2.17. The maximum absolute atomic E-state index is 10.5. The van der Waals surface area contributed by atoms with E-state index in [2.05, 4.69) is 32.9 Å². The van der Waals surface area contributed by atoms with Crippen LogP contribution in [0.3, 0.4) is 0 Å². The normalized spacial score (nSPS) is 10.6. The Morgan fingerprint density at radius 2 is 2.28 bits per heavy atom. The third kappa shape index (κ3) is 3.06. The summed E-state index contributed by atoms with van der Waals surface area (Å²) in [5.41, 5.74) is 2.76. The van der Waals surface area contributed by atoms with Gasteiger partial charge in [0.05, 0.1) is 24.0 Å². The van der Waals surface area contributed by atoms with E-state index in [9.17, 15) is 4.79 Å². The molecule has 0 aliphatic carbocycles. The number of hydrogen-bond acceptors (Lipinski definition) is 3. The van der Waals surface area contributed by atoms with Crippen molar-refractivity contribution in [1.82, 2.24) is 15.0 Å². The lowest BCUT2D eigenvalue weighted by molar-refractivity contribution is -0.136. The molecule has 94 valence electrons. The molecule has 0 atom stereocenters. The second-order valence-corrected chi connectivity index (χ2v) is 5.22. The number of aliphatic carboxylic acids is 1. The van der Waals surface area contributed by atoms with Crippen molar-refractivity contribution < 1.29 is 9.90 Å². The molecular formula is C12H12IN3O2. The molecule has 0 saturated heterocycles. The number of halogens is 1. The molecule has 2 rings (SSSR count). The number of nitrogens with zero attached hydrogens (tertiary/aromatic N) is 3. The van der Waals surface area contributed by atoms with Gasteiger partial charge in [-0.15, -0.1) is 5.10 Å². The predicted octanol–water partition coefficient (Wildman–Crippen LogP) is 2.20. The lowest BCUT2D eigenvalue weighted by Gasteiger charge is -2.04. The highest BCUT2D eigenvalue weighted by Gasteiger charge is 2.07. The first kappa shape index (κ1) is 13.0. The predicted molar refractivity (Wildman–Crippen MR) is 74.8 cm³/mol. The standard InChI is InChI=1S/C12H12IN3O2/c1-8-2-3-9(13)6-11(8)16-7-10(14-15-16)4-5-12(17)18/h2-3,6-7H,4-5H2,1H3,(H,17,18).